The molecule has 0 aromatic heterocycles. The van der Waals surface area contributed by atoms with E-state index in [0.717, 1.165) is 6.42 Å². The number of hydrogen-bond donors (Lipinski definition) is 1. The topological polar surface area (TPSA) is 111 Å². The monoisotopic (exact) mass is 251 g/mol. The molecule has 0 spiro atoms. The number of nitriles is 1. The van der Waals surface area contributed by atoms with Crippen molar-refractivity contribution in [2.24, 2.45) is 5.11 Å². The van der Waals surface area contributed by atoms with Crippen molar-refractivity contribution in [3.63, 3.8) is 0 Å². The molecule has 7 heteroatoms. The predicted octanol–water partition coefficient (Wildman–Crippen LogP) is 2.66. The van der Waals surface area contributed by atoms with Gasteiger partial charge in [0.25, 0.3) is 0 Å². The maximum Gasteiger partial charge on any atom is 0.407 e. The summed E-state index contributed by atoms with van der Waals surface area (Å²) in [6.45, 7) is 3.92. The first-order chi connectivity index (χ1) is 8.69. The quantitative estimate of drug-likeness (QED) is 0.325. The third-order valence-corrected chi connectivity index (χ3v) is 2.14. The Kier molecular flexibility index (Phi) is 8.78. The highest BCUT2D eigenvalue weighted by molar-refractivity contribution is 5.67. The van der Waals surface area contributed by atoms with Crippen LogP contribution in [0.4, 0.5) is 4.79 Å². The lowest BCUT2D eigenvalue weighted by Gasteiger charge is -2.21. The number of allylic oxidation sites excluding steroid dienone is 1. The summed E-state index contributed by atoms with van der Waals surface area (Å²) in [7, 11) is 0. The fourth-order valence-corrected chi connectivity index (χ4v) is 1.42. The van der Waals surface area contributed by atoms with Crippen LogP contribution in [-0.4, -0.2) is 24.8 Å². The first-order valence-corrected chi connectivity index (χ1v) is 5.73. The maximum atomic E-state index is 11.4. The van der Waals surface area contributed by atoms with Crippen LogP contribution in [0.3, 0.4) is 0 Å². The van der Waals surface area contributed by atoms with Crippen LogP contribution < -0.4 is 5.32 Å². The molecule has 0 fully saturated rings. The van der Waals surface area contributed by atoms with Gasteiger partial charge >= 0.3 is 6.09 Å². The second-order valence-corrected chi connectivity index (χ2v) is 3.44. The fourth-order valence-electron chi connectivity index (χ4n) is 1.42. The minimum atomic E-state index is -0.598. The highest BCUT2D eigenvalue weighted by Crippen LogP contribution is 2.09. The van der Waals surface area contributed by atoms with Crippen LogP contribution in [0.25, 0.3) is 10.4 Å². The second kappa shape index (κ2) is 10.00. The Morgan fingerprint density at radius 2 is 2.39 bits per heavy atom. The minimum Gasteiger partial charge on any atom is -0.450 e. The summed E-state index contributed by atoms with van der Waals surface area (Å²) in [4.78, 5) is 14.1. The zero-order valence-corrected chi connectivity index (χ0v) is 10.5. The van der Waals surface area contributed by atoms with Gasteiger partial charge in [-0.05, 0) is 18.9 Å². The molecule has 0 saturated carbocycles. The van der Waals surface area contributed by atoms with E-state index >= 15 is 0 Å². The number of rotatable bonds is 7. The molecule has 0 aliphatic rings. The van der Waals surface area contributed by atoms with Crippen LogP contribution in [0.5, 0.6) is 0 Å². The van der Waals surface area contributed by atoms with Crippen molar-refractivity contribution in [3.8, 4) is 6.07 Å². The van der Waals surface area contributed by atoms with Crippen molar-refractivity contribution in [2.45, 2.75) is 38.8 Å². The molecule has 0 unspecified atom stereocenters. The number of hydrogen-bond acceptors (Lipinski definition) is 4. The van der Waals surface area contributed by atoms with Crippen molar-refractivity contribution in [3.05, 3.63) is 22.6 Å². The summed E-state index contributed by atoms with van der Waals surface area (Å²) in [5.41, 5.74) is 8.49. The number of nitrogens with one attached hydrogen (secondary N) is 1. The van der Waals surface area contributed by atoms with E-state index in [1.807, 2.05) is 13.0 Å². The van der Waals surface area contributed by atoms with E-state index in [1.165, 1.54) is 12.2 Å². The van der Waals surface area contributed by atoms with Gasteiger partial charge in [-0.3, -0.25) is 0 Å². The molecule has 18 heavy (non-hydrogen) atoms. The number of carbonyl (C=O) groups excluding carboxylic acids is 1. The Hall–Kier alpha value is -2.19. The number of azide groups is 1. The van der Waals surface area contributed by atoms with E-state index in [9.17, 15) is 4.79 Å². The summed E-state index contributed by atoms with van der Waals surface area (Å²) in [6.07, 6.45) is 3.56. The molecule has 0 aliphatic carbocycles. The summed E-state index contributed by atoms with van der Waals surface area (Å²) in [5.74, 6) is 0. The zero-order valence-electron chi connectivity index (χ0n) is 10.5. The van der Waals surface area contributed by atoms with Gasteiger partial charge < -0.3 is 10.1 Å². The van der Waals surface area contributed by atoms with Gasteiger partial charge in [-0.1, -0.05) is 24.5 Å². The van der Waals surface area contributed by atoms with Gasteiger partial charge in [-0.25, -0.2) is 4.79 Å². The number of nitrogens with zero attached hydrogens (tertiary/aromatic N) is 4. The van der Waals surface area contributed by atoms with E-state index in [1.54, 1.807) is 6.92 Å². The SMILES string of the molecule is CCC[C@@H](NC(=O)OCC)[C@H](/C=C/C#N)N=[N+]=[N-]. The van der Waals surface area contributed by atoms with Crippen molar-refractivity contribution < 1.29 is 9.53 Å². The minimum absolute atomic E-state index is 0.269. The normalized spacial score (nSPS) is 13.2. The van der Waals surface area contributed by atoms with Gasteiger partial charge in [0.2, 0.25) is 0 Å². The molecule has 7 nitrogen and oxygen atoms in total. The van der Waals surface area contributed by atoms with Crippen LogP contribution in [0, 0.1) is 11.3 Å². The van der Waals surface area contributed by atoms with Crippen LogP contribution >= 0.6 is 0 Å². The molecule has 0 aromatic carbocycles. The van der Waals surface area contributed by atoms with Gasteiger partial charge in [0.1, 0.15) is 0 Å². The van der Waals surface area contributed by atoms with E-state index in [2.05, 4.69) is 15.3 Å². The third-order valence-electron chi connectivity index (χ3n) is 2.14. The van der Waals surface area contributed by atoms with Gasteiger partial charge in [-0.2, -0.15) is 5.26 Å². The predicted molar refractivity (Wildman–Crippen MR) is 66.5 cm³/mol. The standard InChI is InChI=1S/C11H17N5O2/c1-3-6-9(14-11(17)18-4-2)10(15-16-13)7-5-8-12/h5,7,9-10H,3-4,6H2,1-2H3,(H,14,17)/b7-5+/t9-,10+/m1/s1. The first kappa shape index (κ1) is 15.8. The van der Waals surface area contributed by atoms with Gasteiger partial charge in [0, 0.05) is 17.0 Å². The average molecular weight is 251 g/mol. The summed E-state index contributed by atoms with van der Waals surface area (Å²) >= 11 is 0. The average Bonchev–Trinajstić information content (AvgIpc) is 2.34. The Balaban J connectivity index is 4.79. The first-order valence-electron chi connectivity index (χ1n) is 5.73. The van der Waals surface area contributed by atoms with Crippen LogP contribution in [-0.2, 0) is 4.74 Å². The fraction of sp³-hybridized carbons (Fsp3) is 0.636. The third kappa shape index (κ3) is 6.40. The highest BCUT2D eigenvalue weighted by Gasteiger charge is 2.19. The Labute approximate surface area is 106 Å². The van der Waals surface area contributed by atoms with E-state index in [4.69, 9.17) is 15.5 Å². The Morgan fingerprint density at radius 1 is 1.67 bits per heavy atom. The molecule has 0 saturated heterocycles. The molecule has 98 valence electrons. The molecule has 0 heterocycles. The van der Waals surface area contributed by atoms with E-state index in [0.29, 0.717) is 6.42 Å². The number of ether oxygens (including phenoxy) is 1. The van der Waals surface area contributed by atoms with Crippen LogP contribution in [0.15, 0.2) is 17.3 Å². The molecule has 0 aliphatic heterocycles. The smallest absolute Gasteiger partial charge is 0.407 e. The summed E-state index contributed by atoms with van der Waals surface area (Å²) < 4.78 is 4.78. The number of alkyl carbamates (subject to hydrolysis) is 1. The van der Waals surface area contributed by atoms with Crippen molar-refractivity contribution in [1.82, 2.24) is 5.32 Å². The van der Waals surface area contributed by atoms with Crippen LogP contribution in [0.1, 0.15) is 26.7 Å². The molecule has 1 amide bonds. The van der Waals surface area contributed by atoms with Crippen LogP contribution in [0.2, 0.25) is 0 Å². The number of amides is 1. The largest absolute Gasteiger partial charge is 0.450 e. The van der Waals surface area contributed by atoms with Gasteiger partial charge in [-0.15, -0.1) is 0 Å². The van der Waals surface area contributed by atoms with Crippen molar-refractivity contribution in [1.29, 1.82) is 5.26 Å². The number of carbonyl (C=O) groups is 1. The highest BCUT2D eigenvalue weighted by atomic mass is 16.5. The molecular weight excluding hydrogens is 234 g/mol. The molecule has 0 bridgehead atoms. The zero-order chi connectivity index (χ0) is 13.8. The van der Waals surface area contributed by atoms with Gasteiger partial charge in [0.05, 0.1) is 18.7 Å². The van der Waals surface area contributed by atoms with Crippen molar-refractivity contribution >= 4 is 6.09 Å². The maximum absolute atomic E-state index is 11.4. The summed E-state index contributed by atoms with van der Waals surface area (Å²) in [5, 5.41) is 14.7. The summed E-state index contributed by atoms with van der Waals surface area (Å²) in [6, 6.07) is 0.846. The molecule has 2 atom stereocenters. The lowest BCUT2D eigenvalue weighted by Crippen LogP contribution is -2.41. The molecule has 0 aromatic rings. The lowest BCUT2D eigenvalue weighted by molar-refractivity contribution is 0.146. The Bertz CT molecular complexity index is 368. The van der Waals surface area contributed by atoms with E-state index in [-0.39, 0.29) is 12.6 Å². The molecular formula is C11H17N5O2. The van der Waals surface area contributed by atoms with Gasteiger partial charge in [0.15, 0.2) is 0 Å². The van der Waals surface area contributed by atoms with E-state index < -0.39 is 12.1 Å². The lowest BCUT2D eigenvalue weighted by atomic mass is 10.0. The molecule has 0 rings (SSSR count). The second-order valence-electron chi connectivity index (χ2n) is 3.44. The molecule has 0 radical (unpaired) electrons. The molecule has 1 N–H and O–H groups in total. The Morgan fingerprint density at radius 3 is 2.89 bits per heavy atom. The van der Waals surface area contributed by atoms with Crippen molar-refractivity contribution in [2.75, 3.05) is 6.61 Å².